The average Bonchev–Trinajstić information content (AvgIpc) is 3.19. The Morgan fingerprint density at radius 1 is 1.12 bits per heavy atom. The molecular formula is C29H27N3OS. The predicted molar refractivity (Wildman–Crippen MR) is 139 cm³/mol. The zero-order chi connectivity index (χ0) is 23.9. The number of aromatic nitrogens is 1. The third-order valence-corrected chi connectivity index (χ3v) is 8.03. The molecule has 0 fully saturated rings. The topological polar surface area (TPSA) is 65.8 Å². The Morgan fingerprint density at radius 3 is 2.59 bits per heavy atom. The van der Waals surface area contributed by atoms with Gasteiger partial charge in [-0.15, -0.1) is 11.3 Å². The Balaban J connectivity index is 1.53. The highest BCUT2D eigenvalue weighted by atomic mass is 32.1. The Labute approximate surface area is 204 Å². The van der Waals surface area contributed by atoms with E-state index in [1.165, 1.54) is 4.88 Å². The summed E-state index contributed by atoms with van der Waals surface area (Å²) in [7, 11) is 0. The largest absolute Gasteiger partial charge is 0.312 e. The van der Waals surface area contributed by atoms with Crippen molar-refractivity contribution in [3.05, 3.63) is 82.2 Å². The van der Waals surface area contributed by atoms with E-state index in [1.807, 2.05) is 60.7 Å². The predicted octanol–water partition coefficient (Wildman–Crippen LogP) is 7.24. The van der Waals surface area contributed by atoms with E-state index < -0.39 is 0 Å². The number of carbonyl (C=O) groups is 1. The van der Waals surface area contributed by atoms with Crippen LogP contribution in [0.2, 0.25) is 0 Å². The van der Waals surface area contributed by atoms with Crippen LogP contribution in [0.4, 0.5) is 5.00 Å². The van der Waals surface area contributed by atoms with Gasteiger partial charge < -0.3 is 5.32 Å². The molecular weight excluding hydrogens is 438 g/mol. The van der Waals surface area contributed by atoms with E-state index in [-0.39, 0.29) is 11.3 Å². The number of rotatable bonds is 3. The van der Waals surface area contributed by atoms with Gasteiger partial charge >= 0.3 is 0 Å². The molecule has 5 heteroatoms. The second kappa shape index (κ2) is 8.70. The summed E-state index contributed by atoms with van der Waals surface area (Å²) in [6, 6.07) is 21.8. The summed E-state index contributed by atoms with van der Waals surface area (Å²) < 4.78 is 0. The van der Waals surface area contributed by atoms with Gasteiger partial charge in [0.1, 0.15) is 11.1 Å². The molecule has 0 radical (unpaired) electrons. The van der Waals surface area contributed by atoms with E-state index in [4.69, 9.17) is 4.98 Å². The lowest BCUT2D eigenvalue weighted by Crippen LogP contribution is -2.26. The molecule has 0 bridgehead atoms. The summed E-state index contributed by atoms with van der Waals surface area (Å²) in [5.74, 6) is 0.365. The van der Waals surface area contributed by atoms with Crippen molar-refractivity contribution in [3.8, 4) is 17.3 Å². The monoisotopic (exact) mass is 465 g/mol. The zero-order valence-corrected chi connectivity index (χ0v) is 20.5. The maximum atomic E-state index is 13.6. The van der Waals surface area contributed by atoms with Crippen molar-refractivity contribution in [2.75, 3.05) is 5.32 Å². The van der Waals surface area contributed by atoms with Crippen molar-refractivity contribution in [1.82, 2.24) is 4.98 Å². The second-order valence-corrected chi connectivity index (χ2v) is 11.1. The van der Waals surface area contributed by atoms with Crippen LogP contribution in [-0.4, -0.2) is 10.9 Å². The van der Waals surface area contributed by atoms with Gasteiger partial charge in [0.25, 0.3) is 5.91 Å². The molecule has 34 heavy (non-hydrogen) atoms. The zero-order valence-electron chi connectivity index (χ0n) is 19.7. The first-order chi connectivity index (χ1) is 16.3. The van der Waals surface area contributed by atoms with Crippen molar-refractivity contribution in [3.63, 3.8) is 0 Å². The minimum atomic E-state index is -0.210. The second-order valence-electron chi connectivity index (χ2n) is 10.0. The maximum absolute atomic E-state index is 13.6. The minimum absolute atomic E-state index is 0.210. The number of benzene rings is 2. The van der Waals surface area contributed by atoms with Gasteiger partial charge in [-0.1, -0.05) is 69.3 Å². The fraction of sp³-hybridized carbons (Fsp3) is 0.276. The van der Waals surface area contributed by atoms with Crippen LogP contribution in [0.1, 0.15) is 53.6 Å². The van der Waals surface area contributed by atoms with Crippen LogP contribution in [0.15, 0.2) is 60.7 Å². The van der Waals surface area contributed by atoms with Crippen LogP contribution in [-0.2, 0) is 12.8 Å². The summed E-state index contributed by atoms with van der Waals surface area (Å²) >= 11 is 1.57. The van der Waals surface area contributed by atoms with Gasteiger partial charge in [-0.2, -0.15) is 5.26 Å². The van der Waals surface area contributed by atoms with Crippen LogP contribution in [0, 0.1) is 22.7 Å². The molecule has 0 saturated carbocycles. The molecule has 1 aliphatic carbocycles. The minimum Gasteiger partial charge on any atom is -0.312 e. The standard InChI is InChI=1S/C29H27N3OS/c1-29(2,3)19-13-14-21-23(17-30)28(34-26(21)15-19)32-27(33)22-16-25(18-9-5-4-6-10-18)31-24-12-8-7-11-20(22)24/h4-12,16,19H,13-15H2,1-3H3,(H,32,33)/t19-/m0/s1. The van der Waals surface area contributed by atoms with Gasteiger partial charge in [0.05, 0.1) is 22.3 Å². The Hall–Kier alpha value is -3.49. The molecule has 1 amide bonds. The van der Waals surface area contributed by atoms with E-state index in [1.54, 1.807) is 11.3 Å². The first-order valence-corrected chi connectivity index (χ1v) is 12.5. The molecule has 1 aliphatic rings. The van der Waals surface area contributed by atoms with Crippen molar-refractivity contribution < 1.29 is 4.79 Å². The Kier molecular flexibility index (Phi) is 5.71. The summed E-state index contributed by atoms with van der Waals surface area (Å²) in [4.78, 5) is 19.6. The number of carbonyl (C=O) groups excluding carboxylic acids is 1. The van der Waals surface area contributed by atoms with Crippen LogP contribution in [0.3, 0.4) is 0 Å². The number of nitriles is 1. The first-order valence-electron chi connectivity index (χ1n) is 11.7. The summed E-state index contributed by atoms with van der Waals surface area (Å²) in [6.07, 6.45) is 2.93. The number of para-hydroxylation sites is 1. The number of hydrogen-bond acceptors (Lipinski definition) is 4. The van der Waals surface area contributed by atoms with Crippen molar-refractivity contribution in [2.24, 2.45) is 11.3 Å². The van der Waals surface area contributed by atoms with Gasteiger partial charge in [0.2, 0.25) is 0 Å². The van der Waals surface area contributed by atoms with E-state index >= 15 is 0 Å². The molecule has 0 aliphatic heterocycles. The molecule has 4 aromatic rings. The number of anilines is 1. The average molecular weight is 466 g/mol. The molecule has 2 aromatic heterocycles. The van der Waals surface area contributed by atoms with Gasteiger partial charge in [0, 0.05) is 15.8 Å². The van der Waals surface area contributed by atoms with Gasteiger partial charge in [-0.25, -0.2) is 4.98 Å². The van der Waals surface area contributed by atoms with E-state index in [0.717, 1.165) is 47.0 Å². The Bertz CT molecular complexity index is 1420. The fourth-order valence-corrected chi connectivity index (χ4v) is 6.09. The van der Waals surface area contributed by atoms with Crippen molar-refractivity contribution in [2.45, 2.75) is 40.0 Å². The van der Waals surface area contributed by atoms with Gasteiger partial charge in [-0.3, -0.25) is 4.79 Å². The summed E-state index contributed by atoms with van der Waals surface area (Å²) in [5.41, 5.74) is 5.01. The molecule has 2 aromatic carbocycles. The molecule has 0 unspecified atom stereocenters. The quantitative estimate of drug-likeness (QED) is 0.347. The lowest BCUT2D eigenvalue weighted by Gasteiger charge is -2.33. The van der Waals surface area contributed by atoms with E-state index in [0.29, 0.717) is 22.0 Å². The SMILES string of the molecule is CC(C)(C)[C@H]1CCc2c(sc(NC(=O)c3cc(-c4ccccc4)nc4ccccc34)c2C#N)C1. The number of nitrogens with zero attached hydrogens (tertiary/aromatic N) is 2. The molecule has 5 rings (SSSR count). The number of pyridine rings is 1. The summed E-state index contributed by atoms with van der Waals surface area (Å²) in [6.45, 7) is 6.84. The van der Waals surface area contributed by atoms with E-state index in [2.05, 4.69) is 32.2 Å². The highest BCUT2D eigenvalue weighted by molar-refractivity contribution is 7.16. The van der Waals surface area contributed by atoms with Gasteiger partial charge in [-0.05, 0) is 48.3 Å². The highest BCUT2D eigenvalue weighted by Crippen LogP contribution is 2.44. The third-order valence-electron chi connectivity index (χ3n) is 6.86. The number of amides is 1. The van der Waals surface area contributed by atoms with Crippen molar-refractivity contribution in [1.29, 1.82) is 5.26 Å². The lowest BCUT2D eigenvalue weighted by molar-refractivity contribution is 0.102. The van der Waals surface area contributed by atoms with E-state index in [9.17, 15) is 10.1 Å². The highest BCUT2D eigenvalue weighted by Gasteiger charge is 2.32. The molecule has 0 saturated heterocycles. The Morgan fingerprint density at radius 2 is 1.85 bits per heavy atom. The maximum Gasteiger partial charge on any atom is 0.257 e. The molecule has 4 nitrogen and oxygen atoms in total. The van der Waals surface area contributed by atoms with Crippen LogP contribution in [0.25, 0.3) is 22.2 Å². The third kappa shape index (κ3) is 4.10. The number of hydrogen-bond donors (Lipinski definition) is 1. The van der Waals surface area contributed by atoms with Crippen LogP contribution in [0.5, 0.6) is 0 Å². The van der Waals surface area contributed by atoms with Crippen LogP contribution >= 0.6 is 11.3 Å². The lowest BCUT2D eigenvalue weighted by atomic mass is 9.72. The van der Waals surface area contributed by atoms with Gasteiger partial charge in [0.15, 0.2) is 0 Å². The first kappa shape index (κ1) is 22.3. The molecule has 0 spiro atoms. The molecule has 170 valence electrons. The fourth-order valence-electron chi connectivity index (χ4n) is 4.82. The molecule has 1 atom stereocenters. The van der Waals surface area contributed by atoms with Crippen LogP contribution < -0.4 is 5.32 Å². The summed E-state index contributed by atoms with van der Waals surface area (Å²) in [5, 5.41) is 14.5. The van der Waals surface area contributed by atoms with Crippen molar-refractivity contribution >= 4 is 33.1 Å². The smallest absolute Gasteiger partial charge is 0.257 e. The molecule has 1 N–H and O–H groups in total. The molecule has 2 heterocycles. The number of thiophene rings is 1. The number of nitrogens with one attached hydrogen (secondary N) is 1. The normalized spacial score (nSPS) is 15.5. The number of fused-ring (bicyclic) bond motifs is 2.